The molecule has 0 heterocycles. The van der Waals surface area contributed by atoms with Crippen molar-refractivity contribution in [2.24, 2.45) is 0 Å². The Bertz CT molecular complexity index is 412. The normalized spacial score (nSPS) is 12.2. The van der Waals surface area contributed by atoms with Crippen molar-refractivity contribution in [3.8, 4) is 11.8 Å². The fourth-order valence-corrected chi connectivity index (χ4v) is 1.53. The maximum atomic E-state index is 8.74. The van der Waals surface area contributed by atoms with Gasteiger partial charge in [0, 0.05) is 23.2 Å². The second-order valence-electron chi connectivity index (χ2n) is 4.18. The zero-order valence-electron chi connectivity index (χ0n) is 10.3. The molecule has 1 N–H and O–H groups in total. The Morgan fingerprint density at radius 2 is 2.12 bits per heavy atom. The Kier molecular flexibility index (Phi) is 5.27. The number of hydrogen-bond donors (Lipinski definition) is 1. The van der Waals surface area contributed by atoms with E-state index in [2.05, 4.69) is 19.2 Å². The van der Waals surface area contributed by atoms with Gasteiger partial charge in [-0.3, -0.25) is 0 Å². The van der Waals surface area contributed by atoms with E-state index >= 15 is 0 Å². The summed E-state index contributed by atoms with van der Waals surface area (Å²) in [5.74, 6) is 0.705. The van der Waals surface area contributed by atoms with Crippen LogP contribution in [0.15, 0.2) is 18.2 Å². The second kappa shape index (κ2) is 6.48. The van der Waals surface area contributed by atoms with E-state index in [4.69, 9.17) is 21.6 Å². The third-order valence-corrected chi connectivity index (χ3v) is 2.44. The highest BCUT2D eigenvalue weighted by molar-refractivity contribution is 6.30. The predicted molar refractivity (Wildman–Crippen MR) is 69.1 cm³/mol. The van der Waals surface area contributed by atoms with Gasteiger partial charge in [0.2, 0.25) is 0 Å². The van der Waals surface area contributed by atoms with Crippen LogP contribution in [0, 0.1) is 11.3 Å². The van der Waals surface area contributed by atoms with Crippen molar-refractivity contribution in [1.82, 2.24) is 5.32 Å². The highest BCUT2D eigenvalue weighted by Gasteiger charge is 2.08. The van der Waals surface area contributed by atoms with Crippen molar-refractivity contribution in [2.45, 2.75) is 39.5 Å². The van der Waals surface area contributed by atoms with E-state index in [-0.39, 0.29) is 0 Å². The average Bonchev–Trinajstić information content (AvgIpc) is 2.29. The number of rotatable bonds is 5. The molecule has 1 unspecified atom stereocenters. The highest BCUT2D eigenvalue weighted by atomic mass is 35.5. The summed E-state index contributed by atoms with van der Waals surface area (Å²) in [5, 5.41) is 12.7. The third kappa shape index (κ3) is 4.64. The van der Waals surface area contributed by atoms with Gasteiger partial charge >= 0.3 is 0 Å². The number of nitriles is 1. The molecule has 0 aliphatic heterocycles. The van der Waals surface area contributed by atoms with Crippen molar-refractivity contribution in [3.05, 3.63) is 28.8 Å². The van der Waals surface area contributed by atoms with Crippen molar-refractivity contribution >= 4 is 11.6 Å². The molecule has 1 aromatic carbocycles. The van der Waals surface area contributed by atoms with Crippen molar-refractivity contribution in [3.63, 3.8) is 0 Å². The molecule has 0 saturated carbocycles. The quantitative estimate of drug-likeness (QED) is 0.876. The summed E-state index contributed by atoms with van der Waals surface area (Å²) in [4.78, 5) is 0. The summed E-state index contributed by atoms with van der Waals surface area (Å²) in [6.45, 7) is 6.53. The van der Waals surface area contributed by atoms with Crippen LogP contribution in [0.1, 0.15) is 26.3 Å². The summed E-state index contributed by atoms with van der Waals surface area (Å²) in [6, 6.07) is 7.85. The second-order valence-corrected chi connectivity index (χ2v) is 4.61. The number of nitrogens with zero attached hydrogens (tertiary/aromatic N) is 1. The van der Waals surface area contributed by atoms with Crippen LogP contribution in [-0.2, 0) is 6.54 Å². The molecule has 3 nitrogen and oxygen atoms in total. The molecule has 17 heavy (non-hydrogen) atoms. The Labute approximate surface area is 107 Å². The molecule has 0 fully saturated rings. The van der Waals surface area contributed by atoms with Gasteiger partial charge in [-0.15, -0.1) is 0 Å². The molecule has 1 aromatic rings. The maximum absolute atomic E-state index is 8.74. The molecule has 0 aliphatic rings. The maximum Gasteiger partial charge on any atom is 0.181 e. The van der Waals surface area contributed by atoms with E-state index < -0.39 is 6.10 Å². The van der Waals surface area contributed by atoms with Crippen LogP contribution in [0.25, 0.3) is 0 Å². The standard InChI is InChI=1S/C13H17ClN2O/c1-9(2)16-8-11-6-12(14)4-5-13(11)17-10(3)7-15/h4-6,9-10,16H,8H2,1-3H3. The van der Waals surface area contributed by atoms with E-state index in [1.54, 1.807) is 19.1 Å². The van der Waals surface area contributed by atoms with Crippen LogP contribution in [0.4, 0.5) is 0 Å². The first-order valence-electron chi connectivity index (χ1n) is 5.61. The van der Waals surface area contributed by atoms with Crippen LogP contribution in [0.5, 0.6) is 5.75 Å². The molecule has 0 aromatic heterocycles. The van der Waals surface area contributed by atoms with E-state index in [1.165, 1.54) is 0 Å². The Hall–Kier alpha value is -1.24. The Balaban J connectivity index is 2.84. The Morgan fingerprint density at radius 1 is 1.41 bits per heavy atom. The number of hydrogen-bond acceptors (Lipinski definition) is 3. The van der Waals surface area contributed by atoms with Gasteiger partial charge in [-0.2, -0.15) is 5.26 Å². The van der Waals surface area contributed by atoms with Gasteiger partial charge in [0.25, 0.3) is 0 Å². The lowest BCUT2D eigenvalue weighted by molar-refractivity contribution is 0.273. The number of nitrogens with one attached hydrogen (secondary N) is 1. The molecule has 1 atom stereocenters. The number of halogens is 1. The monoisotopic (exact) mass is 252 g/mol. The molecule has 0 radical (unpaired) electrons. The van der Waals surface area contributed by atoms with Gasteiger partial charge < -0.3 is 10.1 Å². The molecule has 0 bridgehead atoms. The summed E-state index contributed by atoms with van der Waals surface area (Å²) in [6.07, 6.45) is -0.464. The van der Waals surface area contributed by atoms with Crippen molar-refractivity contribution in [1.29, 1.82) is 5.26 Å². The van der Waals surface area contributed by atoms with Crippen LogP contribution < -0.4 is 10.1 Å². The van der Waals surface area contributed by atoms with Gasteiger partial charge in [0.1, 0.15) is 11.8 Å². The lowest BCUT2D eigenvalue weighted by Gasteiger charge is -2.15. The van der Waals surface area contributed by atoms with Gasteiger partial charge in [-0.05, 0) is 25.1 Å². The van der Waals surface area contributed by atoms with E-state index in [9.17, 15) is 0 Å². The van der Waals surface area contributed by atoms with Gasteiger partial charge in [-0.25, -0.2) is 0 Å². The molecule has 4 heteroatoms. The first-order chi connectivity index (χ1) is 8.02. The highest BCUT2D eigenvalue weighted by Crippen LogP contribution is 2.23. The minimum Gasteiger partial charge on any atom is -0.476 e. The molecule has 0 spiro atoms. The first-order valence-corrected chi connectivity index (χ1v) is 5.98. The lowest BCUT2D eigenvalue weighted by Crippen LogP contribution is -2.22. The molecular formula is C13H17ClN2O. The number of benzene rings is 1. The minimum absolute atomic E-state index is 0.384. The van der Waals surface area contributed by atoms with Gasteiger partial charge in [-0.1, -0.05) is 25.4 Å². The first kappa shape index (κ1) is 13.8. The zero-order valence-corrected chi connectivity index (χ0v) is 11.1. The van der Waals surface area contributed by atoms with Crippen LogP contribution >= 0.6 is 11.6 Å². The SMILES string of the molecule is CC(C)NCc1cc(Cl)ccc1OC(C)C#N. The van der Waals surface area contributed by atoms with E-state index in [1.807, 2.05) is 12.1 Å². The van der Waals surface area contributed by atoms with Crippen molar-refractivity contribution in [2.75, 3.05) is 0 Å². The van der Waals surface area contributed by atoms with Crippen molar-refractivity contribution < 1.29 is 4.74 Å². The summed E-state index contributed by atoms with van der Waals surface area (Å²) < 4.78 is 5.52. The largest absolute Gasteiger partial charge is 0.476 e. The molecular weight excluding hydrogens is 236 g/mol. The minimum atomic E-state index is -0.464. The third-order valence-electron chi connectivity index (χ3n) is 2.21. The zero-order chi connectivity index (χ0) is 12.8. The molecule has 92 valence electrons. The molecule has 1 rings (SSSR count). The fraction of sp³-hybridized carbons (Fsp3) is 0.462. The molecule has 0 amide bonds. The number of ether oxygens (including phenoxy) is 1. The van der Waals surface area contributed by atoms with E-state index in [0.29, 0.717) is 23.4 Å². The van der Waals surface area contributed by atoms with Gasteiger partial charge in [0.15, 0.2) is 6.10 Å². The average molecular weight is 253 g/mol. The summed E-state index contributed by atoms with van der Waals surface area (Å²) in [5.41, 5.74) is 0.966. The Morgan fingerprint density at radius 3 is 2.71 bits per heavy atom. The summed E-state index contributed by atoms with van der Waals surface area (Å²) in [7, 11) is 0. The topological polar surface area (TPSA) is 45.0 Å². The lowest BCUT2D eigenvalue weighted by atomic mass is 10.2. The smallest absolute Gasteiger partial charge is 0.181 e. The van der Waals surface area contributed by atoms with Crippen LogP contribution in [0.3, 0.4) is 0 Å². The fourth-order valence-electron chi connectivity index (χ4n) is 1.33. The van der Waals surface area contributed by atoms with E-state index in [0.717, 1.165) is 5.56 Å². The van der Waals surface area contributed by atoms with Crippen LogP contribution in [0.2, 0.25) is 5.02 Å². The van der Waals surface area contributed by atoms with Crippen LogP contribution in [-0.4, -0.2) is 12.1 Å². The predicted octanol–water partition coefficient (Wildman–Crippen LogP) is 3.13. The molecule has 0 saturated heterocycles. The molecule has 0 aliphatic carbocycles. The summed E-state index contributed by atoms with van der Waals surface area (Å²) >= 11 is 5.95. The van der Waals surface area contributed by atoms with Gasteiger partial charge in [0.05, 0.1) is 0 Å².